The number of nitrogens with two attached hydrogens (primary N) is 1. The molecule has 0 spiro atoms. The summed E-state index contributed by atoms with van der Waals surface area (Å²) >= 11 is 1.71. The van der Waals surface area contributed by atoms with Crippen molar-refractivity contribution in [1.82, 2.24) is 0 Å². The molecule has 3 heteroatoms. The summed E-state index contributed by atoms with van der Waals surface area (Å²) in [4.78, 5) is 0. The van der Waals surface area contributed by atoms with Crippen LogP contribution in [0.3, 0.4) is 0 Å². The fourth-order valence-electron chi connectivity index (χ4n) is 1.10. The number of hydrogen-bond acceptors (Lipinski definition) is 2. The van der Waals surface area contributed by atoms with E-state index in [9.17, 15) is 0 Å². The van der Waals surface area contributed by atoms with Gasteiger partial charge in [0.15, 0.2) is 0 Å². The van der Waals surface area contributed by atoms with Crippen molar-refractivity contribution in [2.45, 2.75) is 0 Å². The lowest BCUT2D eigenvalue weighted by molar-refractivity contribution is 1.66. The molecular formula is C10H10ClNS. The van der Waals surface area contributed by atoms with Crippen LogP contribution in [0.25, 0.3) is 11.1 Å². The van der Waals surface area contributed by atoms with Gasteiger partial charge in [-0.1, -0.05) is 12.1 Å². The van der Waals surface area contributed by atoms with Crippen LogP contribution >= 0.6 is 23.7 Å². The predicted octanol–water partition coefficient (Wildman–Crippen LogP) is 3.42. The number of nitrogen functional groups attached to an aromatic ring is 1. The van der Waals surface area contributed by atoms with Gasteiger partial charge in [-0.25, -0.2) is 0 Å². The van der Waals surface area contributed by atoms with Crippen molar-refractivity contribution < 1.29 is 0 Å². The predicted molar refractivity (Wildman–Crippen MR) is 61.4 cm³/mol. The summed E-state index contributed by atoms with van der Waals surface area (Å²) in [5, 5.41) is 4.21. The summed E-state index contributed by atoms with van der Waals surface area (Å²) in [7, 11) is 0. The highest BCUT2D eigenvalue weighted by atomic mass is 35.5. The summed E-state index contributed by atoms with van der Waals surface area (Å²) in [6.45, 7) is 0. The molecule has 68 valence electrons. The summed E-state index contributed by atoms with van der Waals surface area (Å²) in [6, 6.07) is 10.0. The number of anilines is 1. The standard InChI is InChI=1S/C10H9NS.ClH/c11-10-3-1-8(2-4-10)9-5-6-12-7-9;/h1-7H,11H2;1H. The van der Waals surface area contributed by atoms with Gasteiger partial charge in [0.1, 0.15) is 0 Å². The van der Waals surface area contributed by atoms with Crippen LogP contribution in [0.2, 0.25) is 0 Å². The Bertz CT molecular complexity index is 353. The minimum atomic E-state index is 0. The van der Waals surface area contributed by atoms with Gasteiger partial charge < -0.3 is 5.73 Å². The molecule has 1 aromatic carbocycles. The minimum Gasteiger partial charge on any atom is -0.399 e. The van der Waals surface area contributed by atoms with E-state index in [2.05, 4.69) is 16.8 Å². The van der Waals surface area contributed by atoms with E-state index < -0.39 is 0 Å². The van der Waals surface area contributed by atoms with Crippen molar-refractivity contribution in [3.63, 3.8) is 0 Å². The van der Waals surface area contributed by atoms with E-state index in [0.29, 0.717) is 0 Å². The van der Waals surface area contributed by atoms with Gasteiger partial charge in [0.05, 0.1) is 0 Å². The number of rotatable bonds is 1. The second-order valence-corrected chi connectivity index (χ2v) is 3.41. The number of benzene rings is 1. The van der Waals surface area contributed by atoms with E-state index >= 15 is 0 Å². The van der Waals surface area contributed by atoms with E-state index in [-0.39, 0.29) is 12.4 Å². The van der Waals surface area contributed by atoms with Gasteiger partial charge in [-0.15, -0.1) is 12.4 Å². The third-order valence-electron chi connectivity index (χ3n) is 1.77. The van der Waals surface area contributed by atoms with Gasteiger partial charge in [-0.05, 0) is 40.1 Å². The summed E-state index contributed by atoms with van der Waals surface area (Å²) in [5.74, 6) is 0. The number of thiophene rings is 1. The Morgan fingerprint density at radius 2 is 1.62 bits per heavy atom. The van der Waals surface area contributed by atoms with Crippen LogP contribution in [-0.4, -0.2) is 0 Å². The lowest BCUT2D eigenvalue weighted by Crippen LogP contribution is -1.82. The molecule has 0 unspecified atom stereocenters. The average molecular weight is 212 g/mol. The molecule has 0 saturated carbocycles. The topological polar surface area (TPSA) is 26.0 Å². The third kappa shape index (κ3) is 2.23. The molecule has 0 fully saturated rings. The SMILES string of the molecule is Cl.Nc1ccc(-c2ccsc2)cc1. The molecule has 2 aromatic rings. The van der Waals surface area contributed by atoms with Crippen LogP contribution in [0.4, 0.5) is 5.69 Å². The van der Waals surface area contributed by atoms with Crippen LogP contribution in [0.1, 0.15) is 0 Å². The molecule has 1 heterocycles. The van der Waals surface area contributed by atoms with Gasteiger partial charge in [-0.3, -0.25) is 0 Å². The van der Waals surface area contributed by atoms with E-state index in [1.807, 2.05) is 24.3 Å². The maximum Gasteiger partial charge on any atom is 0.0314 e. The average Bonchev–Trinajstić information content (AvgIpc) is 2.58. The zero-order chi connectivity index (χ0) is 8.39. The van der Waals surface area contributed by atoms with Gasteiger partial charge in [0, 0.05) is 5.69 Å². The molecule has 2 N–H and O–H groups in total. The second kappa shape index (κ2) is 4.30. The van der Waals surface area contributed by atoms with Crippen molar-refractivity contribution in [3.05, 3.63) is 41.1 Å². The van der Waals surface area contributed by atoms with E-state index in [1.165, 1.54) is 11.1 Å². The molecule has 1 aromatic heterocycles. The Kier molecular flexibility index (Phi) is 3.34. The fourth-order valence-corrected chi connectivity index (χ4v) is 1.77. The molecule has 0 amide bonds. The van der Waals surface area contributed by atoms with Gasteiger partial charge in [-0.2, -0.15) is 11.3 Å². The smallest absolute Gasteiger partial charge is 0.0314 e. The Hall–Kier alpha value is -0.990. The molecular weight excluding hydrogens is 202 g/mol. The molecule has 0 saturated heterocycles. The van der Waals surface area contributed by atoms with Crippen LogP contribution in [0.5, 0.6) is 0 Å². The highest BCUT2D eigenvalue weighted by Gasteiger charge is 1.95. The van der Waals surface area contributed by atoms with E-state index in [4.69, 9.17) is 5.73 Å². The first kappa shape index (κ1) is 10.1. The molecule has 0 aliphatic carbocycles. The molecule has 0 aliphatic heterocycles. The molecule has 1 nitrogen and oxygen atoms in total. The fraction of sp³-hybridized carbons (Fsp3) is 0. The van der Waals surface area contributed by atoms with Crippen molar-refractivity contribution in [1.29, 1.82) is 0 Å². The maximum absolute atomic E-state index is 5.58. The summed E-state index contributed by atoms with van der Waals surface area (Å²) < 4.78 is 0. The Balaban J connectivity index is 0.000000845. The minimum absolute atomic E-state index is 0. The second-order valence-electron chi connectivity index (χ2n) is 2.63. The summed E-state index contributed by atoms with van der Waals surface area (Å²) in [6.07, 6.45) is 0. The highest BCUT2D eigenvalue weighted by molar-refractivity contribution is 7.08. The summed E-state index contributed by atoms with van der Waals surface area (Å²) in [5.41, 5.74) is 8.89. The van der Waals surface area contributed by atoms with E-state index in [1.54, 1.807) is 11.3 Å². The number of halogens is 1. The first-order valence-electron chi connectivity index (χ1n) is 3.74. The first-order valence-corrected chi connectivity index (χ1v) is 4.68. The van der Waals surface area contributed by atoms with Gasteiger partial charge >= 0.3 is 0 Å². The lowest BCUT2D eigenvalue weighted by Gasteiger charge is -1.97. The van der Waals surface area contributed by atoms with Crippen molar-refractivity contribution in [2.75, 3.05) is 5.73 Å². The zero-order valence-corrected chi connectivity index (χ0v) is 8.57. The van der Waals surface area contributed by atoms with Crippen LogP contribution in [-0.2, 0) is 0 Å². The highest BCUT2D eigenvalue weighted by Crippen LogP contribution is 2.22. The lowest BCUT2D eigenvalue weighted by atomic mass is 10.1. The molecule has 0 atom stereocenters. The van der Waals surface area contributed by atoms with E-state index in [0.717, 1.165) is 5.69 Å². The van der Waals surface area contributed by atoms with Gasteiger partial charge in [0.2, 0.25) is 0 Å². The van der Waals surface area contributed by atoms with Crippen LogP contribution < -0.4 is 5.73 Å². The number of hydrogen-bond donors (Lipinski definition) is 1. The maximum atomic E-state index is 5.58. The third-order valence-corrected chi connectivity index (χ3v) is 2.45. The molecule has 0 aliphatic rings. The zero-order valence-electron chi connectivity index (χ0n) is 6.94. The van der Waals surface area contributed by atoms with Crippen molar-refractivity contribution in [3.8, 4) is 11.1 Å². The Morgan fingerprint density at radius 1 is 0.923 bits per heavy atom. The van der Waals surface area contributed by atoms with Gasteiger partial charge in [0.25, 0.3) is 0 Å². The Morgan fingerprint density at radius 3 is 2.15 bits per heavy atom. The van der Waals surface area contributed by atoms with Crippen LogP contribution in [0.15, 0.2) is 41.1 Å². The normalized spacial score (nSPS) is 9.23. The first-order chi connectivity index (χ1) is 5.86. The largest absolute Gasteiger partial charge is 0.399 e. The van der Waals surface area contributed by atoms with Crippen molar-refractivity contribution >= 4 is 29.4 Å². The van der Waals surface area contributed by atoms with Crippen LogP contribution in [0, 0.1) is 0 Å². The molecule has 2 rings (SSSR count). The monoisotopic (exact) mass is 211 g/mol. The molecule has 0 radical (unpaired) electrons. The quantitative estimate of drug-likeness (QED) is 0.719. The van der Waals surface area contributed by atoms with Crippen molar-refractivity contribution in [2.24, 2.45) is 0 Å². The molecule has 13 heavy (non-hydrogen) atoms. The Labute approximate surface area is 87.6 Å². The molecule has 0 bridgehead atoms.